The van der Waals surface area contributed by atoms with Crippen LogP contribution in [0.3, 0.4) is 0 Å². The normalized spacial score (nSPS) is 28.2. The van der Waals surface area contributed by atoms with Gasteiger partial charge in [-0.25, -0.2) is 0 Å². The molecular formula is C9H11B8NO. The van der Waals surface area contributed by atoms with E-state index in [1.54, 1.807) is 0 Å². The summed E-state index contributed by atoms with van der Waals surface area (Å²) in [4.78, 5) is 1.34. The Morgan fingerprint density at radius 2 is 1.11 bits per heavy atom. The van der Waals surface area contributed by atoms with Crippen LogP contribution in [0, 0.1) is 0 Å². The maximum Gasteiger partial charge on any atom is 0.0996 e. The molecule has 1 aliphatic heterocycles. The molecule has 1 heterocycles. The van der Waals surface area contributed by atoms with Crippen LogP contribution in [0.4, 0.5) is 0 Å². The molecule has 0 aromatic heterocycles. The molecule has 0 spiro atoms. The van der Waals surface area contributed by atoms with Gasteiger partial charge in [0.25, 0.3) is 0 Å². The third-order valence-corrected chi connectivity index (χ3v) is 3.69. The molecule has 0 amide bonds. The zero-order valence-electron chi connectivity index (χ0n) is 11.5. The maximum atomic E-state index is 6.01. The molecule has 1 fully saturated rings. The first kappa shape index (κ1) is 17.5. The summed E-state index contributed by atoms with van der Waals surface area (Å²) >= 11 is 0. The van der Waals surface area contributed by atoms with E-state index < -0.39 is 21.5 Å². The van der Waals surface area contributed by atoms with Crippen LogP contribution in [-0.4, -0.2) is 95.2 Å². The Hall–Kier alpha value is 0.439. The number of nitrogens with zero attached hydrogens (tertiary/aromatic N) is 1. The van der Waals surface area contributed by atoms with Crippen molar-refractivity contribution in [1.29, 1.82) is 0 Å². The predicted molar refractivity (Wildman–Crippen MR) is 84.3 cm³/mol. The summed E-state index contributed by atoms with van der Waals surface area (Å²) in [7, 11) is 47.2. The first-order valence-corrected chi connectivity index (χ1v) is 6.15. The molecule has 0 aromatic rings. The molecule has 10 heteroatoms. The summed E-state index contributed by atoms with van der Waals surface area (Å²) < 4.78 is 5.13. The summed E-state index contributed by atoms with van der Waals surface area (Å²) in [6, 6.07) is -0.216. The quantitative estimate of drug-likeness (QED) is 0.501. The van der Waals surface area contributed by atoms with E-state index in [0.29, 0.717) is 12.8 Å². The van der Waals surface area contributed by atoms with E-state index in [-0.39, 0.29) is 6.04 Å². The van der Waals surface area contributed by atoms with Gasteiger partial charge in [0.2, 0.25) is 0 Å². The standard InChI is InChI=1S/C9H11B8NO/c1-3-5(4-2)18-6(10,11)8(14,15)19-9(16,17)7(18,12)13/h5H,3-4H2,1-2H3. The molecule has 0 bridgehead atoms. The molecule has 0 saturated carbocycles. The molecule has 1 rings (SSSR count). The molecule has 0 unspecified atom stereocenters. The SMILES string of the molecule is [B]C1([B])OC([B])([B])C([B])([B])N(C(CC)CC)C1([B])[B]. The van der Waals surface area contributed by atoms with Crippen molar-refractivity contribution in [1.82, 2.24) is 4.90 Å². The van der Waals surface area contributed by atoms with Gasteiger partial charge >= 0.3 is 0 Å². The van der Waals surface area contributed by atoms with Crippen molar-refractivity contribution in [3.8, 4) is 0 Å². The van der Waals surface area contributed by atoms with E-state index in [2.05, 4.69) is 0 Å². The van der Waals surface area contributed by atoms with E-state index in [1.807, 2.05) is 13.8 Å². The Bertz CT molecular complexity index is 315. The zero-order chi connectivity index (χ0) is 15.3. The van der Waals surface area contributed by atoms with Crippen molar-refractivity contribution in [2.45, 2.75) is 54.2 Å². The fourth-order valence-electron chi connectivity index (χ4n) is 2.38. The van der Waals surface area contributed by atoms with E-state index in [9.17, 15) is 0 Å². The van der Waals surface area contributed by atoms with Gasteiger partial charge in [-0.3, -0.25) is 0 Å². The molecule has 16 radical (unpaired) electrons. The molecule has 1 saturated heterocycles. The highest BCUT2D eigenvalue weighted by atomic mass is 16.5. The number of hydrogen-bond donors (Lipinski definition) is 0. The van der Waals surface area contributed by atoms with E-state index in [1.165, 1.54) is 4.90 Å². The van der Waals surface area contributed by atoms with Gasteiger partial charge in [0.1, 0.15) is 0 Å². The lowest BCUT2D eigenvalue weighted by Gasteiger charge is -2.72. The van der Waals surface area contributed by atoms with Crippen molar-refractivity contribution in [2.24, 2.45) is 0 Å². The van der Waals surface area contributed by atoms with Crippen LogP contribution in [0.1, 0.15) is 26.7 Å². The average Bonchev–Trinajstić information content (AvgIpc) is 2.21. The molecule has 1 aliphatic rings. The second-order valence-corrected chi connectivity index (χ2v) is 5.18. The fraction of sp³-hybridized carbons (Fsp3) is 1.00. The highest BCUT2D eigenvalue weighted by Gasteiger charge is 2.57. The van der Waals surface area contributed by atoms with Crippen molar-refractivity contribution < 1.29 is 4.74 Å². The topological polar surface area (TPSA) is 12.5 Å². The van der Waals surface area contributed by atoms with Crippen LogP contribution < -0.4 is 0 Å². The molecule has 82 valence electrons. The highest BCUT2D eigenvalue weighted by Crippen LogP contribution is 2.42. The Labute approximate surface area is 127 Å². The smallest absolute Gasteiger partial charge is 0.0996 e. The molecule has 0 atom stereocenters. The van der Waals surface area contributed by atoms with Crippen LogP contribution >= 0.6 is 0 Å². The average molecular weight is 236 g/mol. The third kappa shape index (κ3) is 2.52. The van der Waals surface area contributed by atoms with E-state index in [4.69, 9.17) is 67.5 Å². The van der Waals surface area contributed by atoms with Gasteiger partial charge in [-0.1, -0.05) is 13.8 Å². The van der Waals surface area contributed by atoms with E-state index >= 15 is 0 Å². The summed E-state index contributed by atoms with van der Waals surface area (Å²) in [5.41, 5.74) is 0. The van der Waals surface area contributed by atoms with Gasteiger partial charge in [0.05, 0.1) is 62.8 Å². The second-order valence-electron chi connectivity index (χ2n) is 5.18. The molecule has 19 heavy (non-hydrogen) atoms. The number of hydrogen-bond acceptors (Lipinski definition) is 2. The van der Waals surface area contributed by atoms with Crippen molar-refractivity contribution >= 4 is 62.8 Å². The first-order valence-electron chi connectivity index (χ1n) is 6.15. The van der Waals surface area contributed by atoms with Crippen LogP contribution in [0.5, 0.6) is 0 Å². The minimum absolute atomic E-state index is 0.216. The second kappa shape index (κ2) is 5.02. The summed E-state index contributed by atoms with van der Waals surface area (Å²) in [5, 5.41) is -7.70. The number of rotatable bonds is 3. The Morgan fingerprint density at radius 1 is 0.789 bits per heavy atom. The fourth-order valence-corrected chi connectivity index (χ4v) is 2.38. The molecule has 0 N–H and O–H groups in total. The minimum atomic E-state index is -2.01. The molecule has 0 aromatic carbocycles. The van der Waals surface area contributed by atoms with Crippen LogP contribution in [0.25, 0.3) is 0 Å². The van der Waals surface area contributed by atoms with Gasteiger partial charge in [0.15, 0.2) is 0 Å². The Morgan fingerprint density at radius 3 is 1.37 bits per heavy atom. The molecule has 2 nitrogen and oxygen atoms in total. The number of ether oxygens (including phenoxy) is 1. The largest absolute Gasteiger partial charge is 0.406 e. The van der Waals surface area contributed by atoms with Crippen LogP contribution in [0.2, 0.25) is 0 Å². The molecular weight excluding hydrogens is 225 g/mol. The zero-order valence-corrected chi connectivity index (χ0v) is 11.5. The maximum absolute atomic E-state index is 6.01. The Kier molecular flexibility index (Phi) is 4.62. The van der Waals surface area contributed by atoms with Crippen molar-refractivity contribution in [3.63, 3.8) is 0 Å². The highest BCUT2D eigenvalue weighted by molar-refractivity contribution is 6.59. The van der Waals surface area contributed by atoms with E-state index in [0.717, 1.165) is 0 Å². The molecule has 0 aliphatic carbocycles. The monoisotopic (exact) mass is 237 g/mol. The van der Waals surface area contributed by atoms with Crippen molar-refractivity contribution in [3.05, 3.63) is 0 Å². The van der Waals surface area contributed by atoms with Gasteiger partial charge in [0, 0.05) is 6.04 Å². The number of morpholine rings is 1. The van der Waals surface area contributed by atoms with Crippen LogP contribution in [-0.2, 0) is 4.74 Å². The van der Waals surface area contributed by atoms with Gasteiger partial charge in [-0.05, 0) is 34.3 Å². The lowest BCUT2D eigenvalue weighted by Crippen LogP contribution is -2.87. The lowest BCUT2D eigenvalue weighted by atomic mass is 9.30. The predicted octanol–water partition coefficient (Wildman–Crippen LogP) is -2.53. The van der Waals surface area contributed by atoms with Gasteiger partial charge in [-0.15, -0.1) is 0 Å². The van der Waals surface area contributed by atoms with Gasteiger partial charge < -0.3 is 9.64 Å². The summed E-state index contributed by atoms with van der Waals surface area (Å²) in [6.45, 7) is 3.83. The van der Waals surface area contributed by atoms with Gasteiger partial charge in [-0.2, -0.15) is 0 Å². The van der Waals surface area contributed by atoms with Crippen molar-refractivity contribution in [2.75, 3.05) is 0 Å². The summed E-state index contributed by atoms with van der Waals surface area (Å²) in [5.74, 6) is 0. The Balaban J connectivity index is 3.40. The summed E-state index contributed by atoms with van der Waals surface area (Å²) in [6.07, 6.45) is 1.30. The minimum Gasteiger partial charge on any atom is -0.406 e. The third-order valence-electron chi connectivity index (χ3n) is 3.69. The van der Waals surface area contributed by atoms with Crippen LogP contribution in [0.15, 0.2) is 0 Å². The lowest BCUT2D eigenvalue weighted by molar-refractivity contribution is -0.127. The first-order chi connectivity index (χ1) is 8.35.